The summed E-state index contributed by atoms with van der Waals surface area (Å²) in [6.07, 6.45) is 9.19. The Morgan fingerprint density at radius 1 is 0.962 bits per heavy atom. The molecule has 1 aromatic heterocycles. The van der Waals surface area contributed by atoms with E-state index in [1.54, 1.807) is 0 Å². The van der Waals surface area contributed by atoms with E-state index in [1.165, 1.54) is 75.1 Å². The van der Waals surface area contributed by atoms with Crippen LogP contribution in [0.1, 0.15) is 55.4 Å². The number of rotatable bonds is 7. The van der Waals surface area contributed by atoms with Crippen molar-refractivity contribution in [2.75, 3.05) is 39.3 Å². The molecule has 2 saturated heterocycles. The first kappa shape index (κ1) is 18.9. The van der Waals surface area contributed by atoms with Crippen LogP contribution in [0.15, 0.2) is 11.4 Å². The summed E-state index contributed by atoms with van der Waals surface area (Å²) in [7, 11) is 0. The molecule has 5 heteroatoms. The Balaban J connectivity index is 1.31. The molecule has 1 aliphatic carbocycles. The number of aliphatic hydroxyl groups is 1. The van der Waals surface area contributed by atoms with Crippen molar-refractivity contribution in [1.29, 1.82) is 0 Å². The monoisotopic (exact) mass is 377 g/mol. The van der Waals surface area contributed by atoms with Gasteiger partial charge in [-0.1, -0.05) is 12.8 Å². The quantitative estimate of drug-likeness (QED) is 0.791. The molecule has 0 spiro atoms. The fraction of sp³-hybridized carbons (Fsp3) is 0.810. The molecule has 146 valence electrons. The van der Waals surface area contributed by atoms with Gasteiger partial charge in [0.05, 0.1) is 0 Å². The summed E-state index contributed by atoms with van der Waals surface area (Å²) in [6.45, 7) is 8.58. The third-order valence-electron chi connectivity index (χ3n) is 6.56. The molecule has 1 N–H and O–H groups in total. The van der Waals surface area contributed by atoms with E-state index in [0.717, 1.165) is 32.1 Å². The van der Waals surface area contributed by atoms with E-state index >= 15 is 0 Å². The molecular formula is C21H35N3OS. The summed E-state index contributed by atoms with van der Waals surface area (Å²) >= 11 is 1.94. The maximum absolute atomic E-state index is 9.55. The normalized spacial score (nSPS) is 26.9. The average molecular weight is 378 g/mol. The zero-order valence-electron chi connectivity index (χ0n) is 16.1. The smallest absolute Gasteiger partial charge is 0.0446 e. The second kappa shape index (κ2) is 9.16. The minimum atomic E-state index is 0.320. The third-order valence-corrected chi connectivity index (χ3v) is 7.53. The molecule has 0 radical (unpaired) electrons. The van der Waals surface area contributed by atoms with Crippen LogP contribution in [0.4, 0.5) is 0 Å². The Morgan fingerprint density at radius 2 is 1.77 bits per heavy atom. The van der Waals surface area contributed by atoms with Gasteiger partial charge in [-0.3, -0.25) is 14.7 Å². The number of hydrogen-bond acceptors (Lipinski definition) is 5. The van der Waals surface area contributed by atoms with Gasteiger partial charge in [0.15, 0.2) is 0 Å². The molecule has 1 aromatic rings. The maximum Gasteiger partial charge on any atom is 0.0446 e. The molecule has 1 atom stereocenters. The Bertz CT molecular complexity index is 551. The van der Waals surface area contributed by atoms with Crippen molar-refractivity contribution in [3.63, 3.8) is 0 Å². The van der Waals surface area contributed by atoms with Crippen LogP contribution in [0.2, 0.25) is 0 Å². The highest BCUT2D eigenvalue weighted by molar-refractivity contribution is 7.10. The van der Waals surface area contributed by atoms with E-state index in [2.05, 4.69) is 26.1 Å². The molecule has 26 heavy (non-hydrogen) atoms. The van der Waals surface area contributed by atoms with Crippen molar-refractivity contribution < 1.29 is 5.11 Å². The summed E-state index contributed by atoms with van der Waals surface area (Å²) in [4.78, 5) is 9.45. The van der Waals surface area contributed by atoms with Crippen molar-refractivity contribution in [3.8, 4) is 0 Å². The van der Waals surface area contributed by atoms with Crippen molar-refractivity contribution >= 4 is 11.3 Å². The van der Waals surface area contributed by atoms with Gasteiger partial charge in [-0.25, -0.2) is 0 Å². The number of likely N-dealkylation sites (tertiary alicyclic amines) is 1. The summed E-state index contributed by atoms with van der Waals surface area (Å²) < 4.78 is 0. The second-order valence-electron chi connectivity index (χ2n) is 8.48. The van der Waals surface area contributed by atoms with Crippen LogP contribution < -0.4 is 0 Å². The van der Waals surface area contributed by atoms with E-state index in [-0.39, 0.29) is 0 Å². The zero-order valence-corrected chi connectivity index (χ0v) is 16.9. The minimum absolute atomic E-state index is 0.320. The fourth-order valence-corrected chi connectivity index (χ4v) is 6.13. The topological polar surface area (TPSA) is 30.0 Å². The zero-order chi connectivity index (χ0) is 17.8. The molecule has 1 saturated carbocycles. The number of thiophene rings is 1. The SMILES string of the molecule is OCCC1CN(Cc2cc(CN3CCCC3)cs2)CCN1C1CCCC1. The van der Waals surface area contributed by atoms with Gasteiger partial charge in [0, 0.05) is 56.3 Å². The van der Waals surface area contributed by atoms with Crippen LogP contribution in [-0.4, -0.2) is 71.2 Å². The van der Waals surface area contributed by atoms with Crippen molar-refractivity contribution in [3.05, 3.63) is 21.9 Å². The lowest BCUT2D eigenvalue weighted by Gasteiger charge is -2.44. The van der Waals surface area contributed by atoms with E-state index in [0.29, 0.717) is 12.6 Å². The van der Waals surface area contributed by atoms with Crippen molar-refractivity contribution in [1.82, 2.24) is 14.7 Å². The Hall–Kier alpha value is -0.460. The van der Waals surface area contributed by atoms with E-state index < -0.39 is 0 Å². The number of aliphatic hydroxyl groups excluding tert-OH is 1. The standard InChI is InChI=1S/C21H35N3OS/c25-12-7-20-15-23(10-11-24(20)19-5-1-2-6-19)16-21-13-18(17-26-21)14-22-8-3-4-9-22/h13,17,19-20,25H,1-12,14-16H2. The molecule has 3 fully saturated rings. The Labute approximate surface area is 162 Å². The molecule has 4 rings (SSSR count). The van der Waals surface area contributed by atoms with Gasteiger partial charge in [0.25, 0.3) is 0 Å². The summed E-state index contributed by atoms with van der Waals surface area (Å²) in [5.74, 6) is 0. The predicted molar refractivity (Wildman–Crippen MR) is 109 cm³/mol. The van der Waals surface area contributed by atoms with Crippen molar-refractivity contribution in [2.24, 2.45) is 0 Å². The molecule has 0 aromatic carbocycles. The fourth-order valence-electron chi connectivity index (χ4n) is 5.21. The summed E-state index contributed by atoms with van der Waals surface area (Å²) in [5.41, 5.74) is 1.50. The van der Waals surface area contributed by atoms with E-state index in [9.17, 15) is 5.11 Å². The Kier molecular flexibility index (Phi) is 6.65. The second-order valence-corrected chi connectivity index (χ2v) is 9.48. The lowest BCUT2D eigenvalue weighted by Crippen LogP contribution is -2.55. The predicted octanol–water partition coefficient (Wildman–Crippen LogP) is 3.16. The largest absolute Gasteiger partial charge is 0.396 e. The number of nitrogens with zero attached hydrogens (tertiary/aromatic N) is 3. The lowest BCUT2D eigenvalue weighted by molar-refractivity contribution is 0.0271. The Morgan fingerprint density at radius 3 is 2.54 bits per heavy atom. The average Bonchev–Trinajstić information content (AvgIpc) is 3.39. The van der Waals surface area contributed by atoms with Crippen LogP contribution >= 0.6 is 11.3 Å². The molecule has 2 aliphatic heterocycles. The molecular weight excluding hydrogens is 342 g/mol. The van der Waals surface area contributed by atoms with Gasteiger partial charge in [0.2, 0.25) is 0 Å². The van der Waals surface area contributed by atoms with Gasteiger partial charge in [-0.15, -0.1) is 11.3 Å². The maximum atomic E-state index is 9.55. The van der Waals surface area contributed by atoms with Gasteiger partial charge >= 0.3 is 0 Å². The van der Waals surface area contributed by atoms with Gasteiger partial charge in [-0.05, 0) is 62.2 Å². The molecule has 0 bridgehead atoms. The third kappa shape index (κ3) is 4.68. The van der Waals surface area contributed by atoms with Gasteiger partial charge in [-0.2, -0.15) is 0 Å². The summed E-state index contributed by atoms with van der Waals surface area (Å²) in [5, 5.41) is 11.9. The number of piperazine rings is 1. The number of hydrogen-bond donors (Lipinski definition) is 1. The van der Waals surface area contributed by atoms with Crippen LogP contribution in [0.5, 0.6) is 0 Å². The van der Waals surface area contributed by atoms with Crippen LogP contribution in [0.25, 0.3) is 0 Å². The molecule has 3 aliphatic rings. The molecule has 3 heterocycles. The van der Waals surface area contributed by atoms with E-state index in [4.69, 9.17) is 0 Å². The lowest BCUT2D eigenvalue weighted by atomic mass is 10.0. The van der Waals surface area contributed by atoms with Crippen LogP contribution in [-0.2, 0) is 13.1 Å². The van der Waals surface area contributed by atoms with Gasteiger partial charge in [0.1, 0.15) is 0 Å². The van der Waals surface area contributed by atoms with E-state index in [1.807, 2.05) is 11.3 Å². The molecule has 0 amide bonds. The molecule has 1 unspecified atom stereocenters. The first-order chi connectivity index (χ1) is 12.8. The van der Waals surface area contributed by atoms with Crippen LogP contribution in [0, 0.1) is 0 Å². The van der Waals surface area contributed by atoms with Crippen molar-refractivity contribution in [2.45, 2.75) is 70.1 Å². The van der Waals surface area contributed by atoms with Gasteiger partial charge < -0.3 is 5.11 Å². The van der Waals surface area contributed by atoms with Crippen LogP contribution in [0.3, 0.4) is 0 Å². The molecule has 4 nitrogen and oxygen atoms in total. The first-order valence-corrected chi connectivity index (χ1v) is 11.6. The highest BCUT2D eigenvalue weighted by atomic mass is 32.1. The minimum Gasteiger partial charge on any atom is -0.396 e. The highest BCUT2D eigenvalue weighted by Crippen LogP contribution is 2.29. The highest BCUT2D eigenvalue weighted by Gasteiger charge is 2.33. The summed E-state index contributed by atoms with van der Waals surface area (Å²) in [6, 6.07) is 3.76. The first-order valence-electron chi connectivity index (χ1n) is 10.7.